The summed E-state index contributed by atoms with van der Waals surface area (Å²) in [6, 6.07) is 18.4. The van der Waals surface area contributed by atoms with Crippen molar-refractivity contribution in [3.8, 4) is 0 Å². The van der Waals surface area contributed by atoms with Gasteiger partial charge in [-0.2, -0.15) is 0 Å². The number of carbonyl (C=O) groups excluding carboxylic acids is 1. The molecule has 2 aromatic carbocycles. The van der Waals surface area contributed by atoms with Crippen molar-refractivity contribution in [1.29, 1.82) is 0 Å². The average Bonchev–Trinajstić information content (AvgIpc) is 3.35. The van der Waals surface area contributed by atoms with E-state index in [4.69, 9.17) is 0 Å². The van der Waals surface area contributed by atoms with Crippen molar-refractivity contribution < 1.29 is 4.79 Å². The molecular formula is C20H24N2O. The normalized spacial score (nSPS) is 15.2. The highest BCUT2D eigenvalue weighted by molar-refractivity contribution is 5.97. The number of benzene rings is 2. The van der Waals surface area contributed by atoms with Crippen molar-refractivity contribution in [3.05, 3.63) is 65.7 Å². The number of hydrogen-bond donors (Lipinski definition) is 2. The van der Waals surface area contributed by atoms with Crippen molar-refractivity contribution in [2.24, 2.45) is 5.41 Å². The number of carbonyl (C=O) groups is 1. The Morgan fingerprint density at radius 1 is 1.04 bits per heavy atom. The first kappa shape index (κ1) is 15.8. The monoisotopic (exact) mass is 308 g/mol. The molecule has 1 amide bonds. The fourth-order valence-electron chi connectivity index (χ4n) is 2.91. The Labute approximate surface area is 138 Å². The van der Waals surface area contributed by atoms with Crippen LogP contribution in [0.4, 0.5) is 5.69 Å². The minimum absolute atomic E-state index is 0.155. The maximum absolute atomic E-state index is 12.7. The molecule has 0 aliphatic heterocycles. The second kappa shape index (κ2) is 6.97. The Morgan fingerprint density at radius 3 is 2.48 bits per heavy atom. The van der Waals surface area contributed by atoms with Gasteiger partial charge in [-0.1, -0.05) is 49.4 Å². The van der Waals surface area contributed by atoms with Gasteiger partial charge in [0.1, 0.15) is 0 Å². The number of hydrogen-bond acceptors (Lipinski definition) is 2. The van der Waals surface area contributed by atoms with Crippen molar-refractivity contribution in [1.82, 2.24) is 5.32 Å². The topological polar surface area (TPSA) is 41.1 Å². The van der Waals surface area contributed by atoms with Crippen LogP contribution in [-0.4, -0.2) is 12.5 Å². The summed E-state index contributed by atoms with van der Waals surface area (Å²) in [7, 11) is 0. The van der Waals surface area contributed by atoms with Crippen LogP contribution in [-0.2, 0) is 17.8 Å². The summed E-state index contributed by atoms with van der Waals surface area (Å²) in [4.78, 5) is 12.7. The lowest BCUT2D eigenvalue weighted by Crippen LogP contribution is -2.26. The number of anilines is 1. The zero-order valence-corrected chi connectivity index (χ0v) is 13.6. The van der Waals surface area contributed by atoms with E-state index in [-0.39, 0.29) is 11.3 Å². The molecule has 2 N–H and O–H groups in total. The summed E-state index contributed by atoms with van der Waals surface area (Å²) in [5, 5.41) is 6.42. The smallest absolute Gasteiger partial charge is 0.230 e. The van der Waals surface area contributed by atoms with E-state index in [1.54, 1.807) is 0 Å². The third-order valence-corrected chi connectivity index (χ3v) is 4.48. The van der Waals surface area contributed by atoms with Gasteiger partial charge < -0.3 is 10.6 Å². The maximum atomic E-state index is 12.7. The third kappa shape index (κ3) is 3.99. The van der Waals surface area contributed by atoms with Crippen molar-refractivity contribution in [2.45, 2.75) is 32.7 Å². The molecule has 0 radical (unpaired) electrons. The van der Waals surface area contributed by atoms with E-state index in [2.05, 4.69) is 41.8 Å². The minimum atomic E-state index is -0.209. The molecule has 0 aromatic heterocycles. The molecule has 1 fully saturated rings. The molecule has 3 rings (SSSR count). The van der Waals surface area contributed by atoms with Crippen LogP contribution in [0.5, 0.6) is 0 Å². The lowest BCUT2D eigenvalue weighted by Gasteiger charge is -2.16. The Kier molecular flexibility index (Phi) is 4.77. The predicted octanol–water partition coefficient (Wildman–Crippen LogP) is 3.76. The van der Waals surface area contributed by atoms with Gasteiger partial charge in [0.15, 0.2) is 0 Å². The number of rotatable bonds is 7. The van der Waals surface area contributed by atoms with Crippen LogP contribution in [0.2, 0.25) is 0 Å². The van der Waals surface area contributed by atoms with E-state index in [1.165, 1.54) is 11.1 Å². The average molecular weight is 308 g/mol. The molecule has 0 spiro atoms. The Morgan fingerprint density at radius 2 is 1.78 bits per heavy atom. The highest BCUT2D eigenvalue weighted by Crippen LogP contribution is 2.49. The van der Waals surface area contributed by atoms with Crippen LogP contribution in [0.1, 0.15) is 30.9 Å². The van der Waals surface area contributed by atoms with Crippen LogP contribution in [0.3, 0.4) is 0 Å². The van der Waals surface area contributed by atoms with Crippen molar-refractivity contribution in [3.63, 3.8) is 0 Å². The largest absolute Gasteiger partial charge is 0.326 e. The Balaban J connectivity index is 1.65. The summed E-state index contributed by atoms with van der Waals surface area (Å²) in [6.45, 7) is 3.86. The molecule has 0 atom stereocenters. The van der Waals surface area contributed by atoms with Crippen LogP contribution in [0.25, 0.3) is 0 Å². The highest BCUT2D eigenvalue weighted by atomic mass is 16.2. The summed E-state index contributed by atoms with van der Waals surface area (Å²) in [5.41, 5.74) is 3.11. The van der Waals surface area contributed by atoms with E-state index in [0.29, 0.717) is 0 Å². The van der Waals surface area contributed by atoms with Crippen molar-refractivity contribution >= 4 is 11.6 Å². The molecule has 2 aromatic rings. The second-order valence-corrected chi connectivity index (χ2v) is 6.38. The van der Waals surface area contributed by atoms with Gasteiger partial charge in [0.2, 0.25) is 5.91 Å². The van der Waals surface area contributed by atoms with E-state index in [1.807, 2.05) is 30.3 Å². The molecule has 1 aliphatic carbocycles. The Bertz CT molecular complexity index is 662. The van der Waals surface area contributed by atoms with Gasteiger partial charge in [-0.25, -0.2) is 0 Å². The van der Waals surface area contributed by atoms with Gasteiger partial charge in [-0.15, -0.1) is 0 Å². The first-order valence-electron chi connectivity index (χ1n) is 8.37. The molecule has 0 saturated heterocycles. The summed E-state index contributed by atoms with van der Waals surface area (Å²) in [5.74, 6) is 0.155. The number of nitrogens with one attached hydrogen (secondary N) is 2. The summed E-state index contributed by atoms with van der Waals surface area (Å²) in [6.07, 6.45) is 2.78. The molecule has 3 heteroatoms. The number of amides is 1. The lowest BCUT2D eigenvalue weighted by molar-refractivity contribution is -0.121. The molecule has 0 heterocycles. The van der Waals surface area contributed by atoms with Crippen LogP contribution in [0.15, 0.2) is 54.6 Å². The van der Waals surface area contributed by atoms with Gasteiger partial charge in [0, 0.05) is 12.2 Å². The first-order chi connectivity index (χ1) is 11.2. The minimum Gasteiger partial charge on any atom is -0.326 e. The van der Waals surface area contributed by atoms with Crippen LogP contribution in [0, 0.1) is 5.41 Å². The SMILES string of the molecule is CCNCc1cccc(NC(=O)C2(Cc3ccccc3)CC2)c1. The molecule has 3 nitrogen and oxygen atoms in total. The summed E-state index contributed by atoms with van der Waals surface area (Å²) >= 11 is 0. The molecular weight excluding hydrogens is 284 g/mol. The van der Waals surface area contributed by atoms with E-state index < -0.39 is 0 Å². The van der Waals surface area contributed by atoms with E-state index >= 15 is 0 Å². The van der Waals surface area contributed by atoms with Crippen LogP contribution < -0.4 is 10.6 Å². The van der Waals surface area contributed by atoms with E-state index in [9.17, 15) is 4.79 Å². The predicted molar refractivity (Wildman–Crippen MR) is 94.3 cm³/mol. The van der Waals surface area contributed by atoms with Gasteiger partial charge in [0.05, 0.1) is 5.41 Å². The van der Waals surface area contributed by atoms with Gasteiger partial charge in [-0.05, 0) is 49.1 Å². The molecule has 1 aliphatic rings. The molecule has 23 heavy (non-hydrogen) atoms. The highest BCUT2D eigenvalue weighted by Gasteiger charge is 2.49. The zero-order chi connectivity index (χ0) is 16.1. The van der Waals surface area contributed by atoms with Gasteiger partial charge in [-0.3, -0.25) is 4.79 Å². The zero-order valence-electron chi connectivity index (χ0n) is 13.6. The van der Waals surface area contributed by atoms with Crippen molar-refractivity contribution in [2.75, 3.05) is 11.9 Å². The fraction of sp³-hybridized carbons (Fsp3) is 0.350. The van der Waals surface area contributed by atoms with E-state index in [0.717, 1.165) is 38.0 Å². The standard InChI is InChI=1S/C20H24N2O/c1-2-21-15-17-9-6-10-18(13-17)22-19(23)20(11-12-20)14-16-7-4-3-5-8-16/h3-10,13,21H,2,11-12,14-15H2,1H3,(H,22,23). The lowest BCUT2D eigenvalue weighted by atomic mass is 9.95. The second-order valence-electron chi connectivity index (χ2n) is 6.38. The molecule has 0 unspecified atom stereocenters. The van der Waals surface area contributed by atoms with Crippen LogP contribution >= 0.6 is 0 Å². The quantitative estimate of drug-likeness (QED) is 0.818. The molecule has 1 saturated carbocycles. The molecule has 120 valence electrons. The molecule has 0 bridgehead atoms. The maximum Gasteiger partial charge on any atom is 0.230 e. The summed E-state index contributed by atoms with van der Waals surface area (Å²) < 4.78 is 0. The van der Waals surface area contributed by atoms with Gasteiger partial charge in [0.25, 0.3) is 0 Å². The van der Waals surface area contributed by atoms with Gasteiger partial charge >= 0.3 is 0 Å². The fourth-order valence-corrected chi connectivity index (χ4v) is 2.91. The first-order valence-corrected chi connectivity index (χ1v) is 8.37. The third-order valence-electron chi connectivity index (χ3n) is 4.48. The Hall–Kier alpha value is -2.13.